The second-order valence-corrected chi connectivity index (χ2v) is 0.693. The number of nitrogens with zero attached hydrogens (tertiary/aromatic N) is 1. The first-order valence-corrected chi connectivity index (χ1v) is 1.63. The molecule has 0 aliphatic heterocycles. The molecule has 0 atom stereocenters. The fourth-order valence-corrected chi connectivity index (χ4v) is 0. The Morgan fingerprint density at radius 2 is 2.00 bits per heavy atom. The molecule has 0 saturated heterocycles. The average Bonchev–Trinajstić information content (AvgIpc) is 1.37. The molecule has 0 amide bonds. The van der Waals surface area contributed by atoms with E-state index < -0.39 is 0 Å². The minimum Gasteiger partial charge on any atom is -0.268 e. The summed E-state index contributed by atoms with van der Waals surface area (Å²) >= 11 is 0. The van der Waals surface area contributed by atoms with Crippen LogP contribution in [0.1, 0.15) is 0 Å². The van der Waals surface area contributed by atoms with Crippen LogP contribution in [0.5, 0.6) is 0 Å². The summed E-state index contributed by atoms with van der Waals surface area (Å²) in [7, 11) is 0.401. The van der Waals surface area contributed by atoms with Gasteiger partial charge in [-0.05, 0) is 0 Å². The lowest BCUT2D eigenvalue weighted by atomic mass is 13.0. The molecule has 0 aliphatic rings. The molecule has 0 bridgehead atoms. The fourth-order valence-electron chi connectivity index (χ4n) is 0. The van der Waals surface area contributed by atoms with E-state index in [1.165, 1.54) is 0 Å². The smallest absolute Gasteiger partial charge is 0.109 e. The van der Waals surface area contributed by atoms with Crippen LogP contribution in [0, 0.1) is 0 Å². The number of rotatable bonds is 0. The van der Waals surface area contributed by atoms with Crippen molar-refractivity contribution in [1.82, 2.24) is 0 Å². The SMILES string of the molecule is NN=PN. The van der Waals surface area contributed by atoms with Gasteiger partial charge in [0.15, 0.2) is 0 Å². The Bertz CT molecular complexity index is 18.5. The van der Waals surface area contributed by atoms with E-state index in [-0.39, 0.29) is 0 Å². The molecule has 0 rings (SSSR count). The Hall–Kier alpha value is 0.0200. The van der Waals surface area contributed by atoms with Gasteiger partial charge < -0.3 is 0 Å². The molecule has 4 heavy (non-hydrogen) atoms. The summed E-state index contributed by atoms with van der Waals surface area (Å²) in [4.78, 5) is 2.99. The molecule has 0 fully saturated rings. The summed E-state index contributed by atoms with van der Waals surface area (Å²) in [6.07, 6.45) is 0. The second-order valence-electron chi connectivity index (χ2n) is 0.231. The maximum atomic E-state index is 4.71. The van der Waals surface area contributed by atoms with Gasteiger partial charge in [-0.2, -0.15) is 4.85 Å². The Kier molecular flexibility index (Phi) is 3.04. The van der Waals surface area contributed by atoms with Crippen LogP contribution in [-0.2, 0) is 0 Å². The van der Waals surface area contributed by atoms with Gasteiger partial charge in [0.1, 0.15) is 8.52 Å². The molecule has 0 unspecified atom stereocenters. The molecule has 0 aromatic rings. The Balaban J connectivity index is 2.55. The van der Waals surface area contributed by atoms with Crippen LogP contribution in [0.4, 0.5) is 0 Å². The van der Waals surface area contributed by atoms with Crippen molar-refractivity contribution in [3.05, 3.63) is 0 Å². The topological polar surface area (TPSA) is 64.4 Å². The van der Waals surface area contributed by atoms with Crippen molar-refractivity contribution in [2.75, 3.05) is 0 Å². The maximum absolute atomic E-state index is 4.71. The molecule has 0 saturated carbocycles. The van der Waals surface area contributed by atoms with Crippen LogP contribution in [0.2, 0.25) is 0 Å². The zero-order valence-corrected chi connectivity index (χ0v) is 2.94. The van der Waals surface area contributed by atoms with E-state index in [4.69, 9.17) is 5.50 Å². The van der Waals surface area contributed by atoms with Crippen LogP contribution in [0.3, 0.4) is 0 Å². The summed E-state index contributed by atoms with van der Waals surface area (Å²) < 4.78 is 0. The predicted octanol–water partition coefficient (Wildman–Crippen LogP) is -0.136. The highest BCUT2D eigenvalue weighted by Gasteiger charge is 1.33. The van der Waals surface area contributed by atoms with Crippen LogP contribution in [-0.4, -0.2) is 0 Å². The Labute approximate surface area is 25.9 Å². The first kappa shape index (κ1) is 4.02. The first-order chi connectivity index (χ1) is 1.91. The van der Waals surface area contributed by atoms with Gasteiger partial charge in [-0.3, -0.25) is 5.50 Å². The normalized spacial score (nSPS) is 9.50. The van der Waals surface area contributed by atoms with Crippen molar-refractivity contribution >= 4 is 8.52 Å². The first-order valence-electron chi connectivity index (χ1n) is 0.716. The molecule has 3 nitrogen and oxygen atoms in total. The van der Waals surface area contributed by atoms with Crippen molar-refractivity contribution in [2.45, 2.75) is 0 Å². The molecule has 0 spiro atoms. The van der Waals surface area contributed by atoms with Gasteiger partial charge in [0.05, 0.1) is 0 Å². The lowest BCUT2D eigenvalue weighted by Gasteiger charge is -1.53. The van der Waals surface area contributed by atoms with Crippen molar-refractivity contribution in [3.63, 3.8) is 0 Å². The van der Waals surface area contributed by atoms with Crippen LogP contribution in [0.15, 0.2) is 4.85 Å². The molecular weight excluding hydrogens is 73.0 g/mol. The average molecular weight is 77.0 g/mol. The van der Waals surface area contributed by atoms with Crippen LogP contribution < -0.4 is 11.3 Å². The summed E-state index contributed by atoms with van der Waals surface area (Å²) in [5.41, 5.74) is 4.71. The van der Waals surface area contributed by atoms with Gasteiger partial charge in [-0.25, -0.2) is 5.84 Å². The van der Waals surface area contributed by atoms with Crippen molar-refractivity contribution in [1.29, 1.82) is 0 Å². The van der Waals surface area contributed by atoms with E-state index in [2.05, 4.69) is 10.7 Å². The highest BCUT2D eigenvalue weighted by atomic mass is 31.1. The van der Waals surface area contributed by atoms with E-state index in [0.29, 0.717) is 8.52 Å². The fraction of sp³-hybridized carbons (Fsp3) is 0. The lowest BCUT2D eigenvalue weighted by Crippen LogP contribution is -1.71. The predicted molar refractivity (Wildman–Crippen MR) is 17.7 cm³/mol. The van der Waals surface area contributed by atoms with Gasteiger partial charge in [0.25, 0.3) is 0 Å². The molecule has 0 aromatic heterocycles. The molecule has 0 aromatic carbocycles. The highest BCUT2D eigenvalue weighted by Crippen LogP contribution is 1.68. The van der Waals surface area contributed by atoms with E-state index >= 15 is 0 Å². The van der Waals surface area contributed by atoms with E-state index in [9.17, 15) is 0 Å². The van der Waals surface area contributed by atoms with Crippen LogP contribution in [0.25, 0.3) is 0 Å². The summed E-state index contributed by atoms with van der Waals surface area (Å²) in [5, 5.41) is 0. The minimum absolute atomic E-state index is 0.401. The van der Waals surface area contributed by atoms with Crippen molar-refractivity contribution in [3.8, 4) is 0 Å². The van der Waals surface area contributed by atoms with Gasteiger partial charge in [0.2, 0.25) is 0 Å². The monoisotopic (exact) mass is 77.0 g/mol. The molecule has 4 heteroatoms. The van der Waals surface area contributed by atoms with Crippen molar-refractivity contribution in [2.24, 2.45) is 16.2 Å². The van der Waals surface area contributed by atoms with Gasteiger partial charge in [-0.15, -0.1) is 0 Å². The largest absolute Gasteiger partial charge is 0.268 e. The molecular formula is H4N3P. The second kappa shape index (κ2) is 3.02. The quantitative estimate of drug-likeness (QED) is 0.240. The van der Waals surface area contributed by atoms with Gasteiger partial charge in [-0.1, -0.05) is 0 Å². The number of hydrogen-bond donors (Lipinski definition) is 2. The lowest BCUT2D eigenvalue weighted by molar-refractivity contribution is 1.29. The van der Waals surface area contributed by atoms with Crippen molar-refractivity contribution < 1.29 is 0 Å². The molecule has 4 N–H and O–H groups in total. The molecule has 0 aliphatic carbocycles. The zero-order chi connectivity index (χ0) is 3.41. The summed E-state index contributed by atoms with van der Waals surface area (Å²) in [6.45, 7) is 0. The third-order valence-corrected chi connectivity index (χ3v) is 0.200. The molecule has 24 valence electrons. The minimum atomic E-state index is 0.401. The standard InChI is InChI=1S/H4N3P/c1-3-4-2/h1H2,(H2,2,3). The summed E-state index contributed by atoms with van der Waals surface area (Å²) in [6, 6.07) is 0. The highest BCUT2D eigenvalue weighted by molar-refractivity contribution is 7.23. The number of nitrogens with two attached hydrogens (primary N) is 2. The Morgan fingerprint density at radius 3 is 2.00 bits per heavy atom. The molecule has 0 radical (unpaired) electrons. The van der Waals surface area contributed by atoms with E-state index in [0.717, 1.165) is 0 Å². The van der Waals surface area contributed by atoms with Gasteiger partial charge >= 0.3 is 0 Å². The maximum Gasteiger partial charge on any atom is 0.109 e. The summed E-state index contributed by atoms with van der Waals surface area (Å²) in [5.74, 6) is 4.52. The van der Waals surface area contributed by atoms with E-state index in [1.54, 1.807) is 0 Å². The van der Waals surface area contributed by atoms with Gasteiger partial charge in [0, 0.05) is 0 Å². The Morgan fingerprint density at radius 1 is 1.75 bits per heavy atom. The third kappa shape index (κ3) is 2.02. The number of hydrogen-bond acceptors (Lipinski definition) is 1. The van der Waals surface area contributed by atoms with E-state index in [1.807, 2.05) is 0 Å². The molecule has 0 heterocycles. The zero-order valence-electron chi connectivity index (χ0n) is 2.05. The van der Waals surface area contributed by atoms with Crippen LogP contribution >= 0.6 is 8.52 Å². The third-order valence-electron chi connectivity index (χ3n) is 0.0667.